The van der Waals surface area contributed by atoms with Crippen LogP contribution in [0.5, 0.6) is 0 Å². The van der Waals surface area contributed by atoms with Crippen LogP contribution in [-0.2, 0) is 22.5 Å². The van der Waals surface area contributed by atoms with Crippen LogP contribution in [-0.4, -0.2) is 32.7 Å². The fourth-order valence-electron chi connectivity index (χ4n) is 2.43. The van der Waals surface area contributed by atoms with E-state index >= 15 is 0 Å². The molecule has 2 aromatic rings. The Kier molecular flexibility index (Phi) is 9.75. The summed E-state index contributed by atoms with van der Waals surface area (Å²) in [5.74, 6) is 0.0707. The first-order chi connectivity index (χ1) is 11.6. The minimum atomic E-state index is 0. The lowest BCUT2D eigenvalue weighted by molar-refractivity contribution is -0.117. The number of nitrogens with one attached hydrogen (secondary N) is 1. The Morgan fingerprint density at radius 1 is 1.20 bits per heavy atom. The molecular weight excluding hydrogens is 356 g/mol. The number of hydrogen-bond acceptors (Lipinski definition) is 4. The Hall–Kier alpha value is -1.40. The molecule has 0 saturated heterocycles. The molecule has 0 unspecified atom stereocenters. The average molecular weight is 383 g/mol. The van der Waals surface area contributed by atoms with Gasteiger partial charge in [-0.2, -0.15) is 0 Å². The van der Waals surface area contributed by atoms with Gasteiger partial charge in [-0.3, -0.25) is 4.79 Å². The van der Waals surface area contributed by atoms with Gasteiger partial charge in [-0.25, -0.2) is 0 Å². The average Bonchev–Trinajstić information content (AvgIpc) is 3.01. The molecule has 2 rings (SSSR count). The van der Waals surface area contributed by atoms with Crippen molar-refractivity contribution < 1.29 is 9.53 Å². The number of anilines is 1. The van der Waals surface area contributed by atoms with Gasteiger partial charge in [0.15, 0.2) is 0 Å². The molecule has 0 bridgehead atoms. The van der Waals surface area contributed by atoms with Crippen molar-refractivity contribution in [2.24, 2.45) is 0 Å². The maximum atomic E-state index is 12.7. The highest BCUT2D eigenvalue weighted by atomic mass is 35.5. The van der Waals surface area contributed by atoms with E-state index in [1.807, 2.05) is 17.0 Å². The van der Waals surface area contributed by atoms with Gasteiger partial charge in [0.05, 0.1) is 19.7 Å². The second-order valence-corrected chi connectivity index (χ2v) is 7.05. The number of carbonyl (C=O) groups is 1. The summed E-state index contributed by atoms with van der Waals surface area (Å²) < 4.78 is 5.01. The minimum Gasteiger partial charge on any atom is -0.383 e. The lowest BCUT2D eigenvalue weighted by Gasteiger charge is -2.23. The molecule has 1 heterocycles. The summed E-state index contributed by atoms with van der Waals surface area (Å²) in [6, 6.07) is 12.4. The van der Waals surface area contributed by atoms with Gasteiger partial charge in [0.1, 0.15) is 0 Å². The van der Waals surface area contributed by atoms with E-state index in [0.29, 0.717) is 26.2 Å². The van der Waals surface area contributed by atoms with Crippen LogP contribution >= 0.6 is 23.7 Å². The molecule has 1 aromatic carbocycles. The fourth-order valence-corrected chi connectivity index (χ4v) is 3.31. The summed E-state index contributed by atoms with van der Waals surface area (Å²) in [5.41, 5.74) is 2.22. The van der Waals surface area contributed by atoms with E-state index in [4.69, 9.17) is 4.74 Å². The van der Waals surface area contributed by atoms with Crippen molar-refractivity contribution in [3.05, 3.63) is 51.7 Å². The van der Waals surface area contributed by atoms with Crippen molar-refractivity contribution in [3.8, 4) is 0 Å². The zero-order chi connectivity index (χ0) is 17.4. The van der Waals surface area contributed by atoms with Gasteiger partial charge in [0, 0.05) is 29.1 Å². The molecule has 138 valence electrons. The molecule has 0 fully saturated rings. The summed E-state index contributed by atoms with van der Waals surface area (Å²) in [6.45, 7) is 6.40. The number of thiophene rings is 1. The second-order valence-electron chi connectivity index (χ2n) is 5.68. The van der Waals surface area contributed by atoms with E-state index in [1.165, 1.54) is 15.3 Å². The first-order valence-corrected chi connectivity index (χ1v) is 9.10. The van der Waals surface area contributed by atoms with Crippen LogP contribution < -0.4 is 10.2 Å². The van der Waals surface area contributed by atoms with Gasteiger partial charge >= 0.3 is 0 Å². The van der Waals surface area contributed by atoms with Crippen molar-refractivity contribution in [2.75, 3.05) is 31.7 Å². The zero-order valence-corrected chi connectivity index (χ0v) is 16.7. The van der Waals surface area contributed by atoms with Crippen LogP contribution in [0.15, 0.2) is 36.4 Å². The van der Waals surface area contributed by atoms with Crippen LogP contribution in [0.2, 0.25) is 0 Å². The normalized spacial score (nSPS) is 10.4. The van der Waals surface area contributed by atoms with E-state index in [-0.39, 0.29) is 18.3 Å². The Bertz CT molecular complexity index is 643. The van der Waals surface area contributed by atoms with Crippen molar-refractivity contribution in [2.45, 2.75) is 26.8 Å². The fraction of sp³-hybridized carbons (Fsp3) is 0.421. The number of ether oxygens (including phenoxy) is 1. The molecule has 1 aromatic heterocycles. The van der Waals surface area contributed by atoms with Crippen molar-refractivity contribution in [1.29, 1.82) is 0 Å². The number of methoxy groups -OCH3 is 1. The Balaban J connectivity index is 0.00000312. The highest BCUT2D eigenvalue weighted by Crippen LogP contribution is 2.22. The highest BCUT2D eigenvalue weighted by Gasteiger charge is 2.16. The molecule has 1 amide bonds. The lowest BCUT2D eigenvalue weighted by Crippen LogP contribution is -2.38. The van der Waals surface area contributed by atoms with E-state index in [0.717, 1.165) is 12.1 Å². The van der Waals surface area contributed by atoms with Crippen LogP contribution in [0.3, 0.4) is 0 Å². The maximum absolute atomic E-state index is 12.7. The van der Waals surface area contributed by atoms with Gasteiger partial charge in [0.2, 0.25) is 5.91 Å². The van der Waals surface area contributed by atoms with Gasteiger partial charge < -0.3 is 15.0 Å². The van der Waals surface area contributed by atoms with E-state index < -0.39 is 0 Å². The number of nitrogens with zero attached hydrogens (tertiary/aromatic N) is 1. The van der Waals surface area contributed by atoms with Crippen molar-refractivity contribution >= 4 is 35.3 Å². The quantitative estimate of drug-likeness (QED) is 0.670. The van der Waals surface area contributed by atoms with Gasteiger partial charge in [0.25, 0.3) is 0 Å². The van der Waals surface area contributed by atoms with Crippen LogP contribution in [0, 0.1) is 6.92 Å². The molecule has 25 heavy (non-hydrogen) atoms. The van der Waals surface area contributed by atoms with E-state index in [2.05, 4.69) is 43.4 Å². The molecular formula is C19H27ClN2O2S. The summed E-state index contributed by atoms with van der Waals surface area (Å²) in [7, 11) is 1.66. The minimum absolute atomic E-state index is 0. The third-order valence-corrected chi connectivity index (χ3v) is 4.81. The molecule has 0 spiro atoms. The number of amides is 1. The Morgan fingerprint density at radius 3 is 2.48 bits per heavy atom. The van der Waals surface area contributed by atoms with Crippen LogP contribution in [0.25, 0.3) is 0 Å². The van der Waals surface area contributed by atoms with Gasteiger partial charge in [-0.15, -0.1) is 23.7 Å². The predicted molar refractivity (Wildman–Crippen MR) is 108 cm³/mol. The number of benzene rings is 1. The smallest absolute Gasteiger partial charge is 0.241 e. The monoisotopic (exact) mass is 382 g/mol. The molecule has 0 aliphatic rings. The summed E-state index contributed by atoms with van der Waals surface area (Å²) in [4.78, 5) is 17.0. The number of rotatable bonds is 9. The molecule has 6 heteroatoms. The molecule has 0 aliphatic carbocycles. The number of carbonyl (C=O) groups excluding carboxylic acids is 1. The molecule has 1 N–H and O–H groups in total. The number of halogens is 1. The standard InChI is InChI=1S/C19H26N2O2S.ClH/c1-4-16-6-8-17(9-7-16)21(14-18-10-5-15(2)24-18)19(22)13-20-11-12-23-3;/h5-10,20H,4,11-14H2,1-3H3;1H. The van der Waals surface area contributed by atoms with E-state index in [1.54, 1.807) is 18.4 Å². The molecule has 0 saturated carbocycles. The number of aryl methyl sites for hydroxylation is 2. The highest BCUT2D eigenvalue weighted by molar-refractivity contribution is 7.11. The first-order valence-electron chi connectivity index (χ1n) is 8.28. The largest absolute Gasteiger partial charge is 0.383 e. The lowest BCUT2D eigenvalue weighted by atomic mass is 10.1. The SMILES string of the molecule is CCc1ccc(N(Cc2ccc(C)s2)C(=O)CNCCOC)cc1.Cl. The van der Waals surface area contributed by atoms with Crippen molar-refractivity contribution in [1.82, 2.24) is 5.32 Å². The third-order valence-electron chi connectivity index (χ3n) is 3.83. The molecule has 0 aliphatic heterocycles. The summed E-state index contributed by atoms with van der Waals surface area (Å²) in [6.07, 6.45) is 0.997. The second kappa shape index (κ2) is 11.3. The zero-order valence-electron chi connectivity index (χ0n) is 15.1. The summed E-state index contributed by atoms with van der Waals surface area (Å²) in [5, 5.41) is 3.14. The molecule has 0 atom stereocenters. The maximum Gasteiger partial charge on any atom is 0.241 e. The van der Waals surface area contributed by atoms with Crippen LogP contribution in [0.1, 0.15) is 22.2 Å². The Labute approximate surface area is 160 Å². The first kappa shape index (κ1) is 21.6. The Morgan fingerprint density at radius 2 is 1.92 bits per heavy atom. The van der Waals surface area contributed by atoms with Gasteiger partial charge in [-0.1, -0.05) is 19.1 Å². The summed E-state index contributed by atoms with van der Waals surface area (Å²) >= 11 is 1.73. The van der Waals surface area contributed by atoms with Gasteiger partial charge in [-0.05, 0) is 43.2 Å². The number of hydrogen-bond donors (Lipinski definition) is 1. The van der Waals surface area contributed by atoms with Crippen LogP contribution in [0.4, 0.5) is 5.69 Å². The predicted octanol–water partition coefficient (Wildman–Crippen LogP) is 3.81. The third kappa shape index (κ3) is 6.78. The van der Waals surface area contributed by atoms with E-state index in [9.17, 15) is 4.79 Å². The van der Waals surface area contributed by atoms with Crippen molar-refractivity contribution in [3.63, 3.8) is 0 Å². The topological polar surface area (TPSA) is 41.6 Å². The molecule has 0 radical (unpaired) electrons. The molecule has 4 nitrogen and oxygen atoms in total.